The van der Waals surface area contributed by atoms with Gasteiger partial charge in [-0.15, -0.1) is 0 Å². The molecule has 2 unspecified atom stereocenters. The Morgan fingerprint density at radius 3 is 2.13 bits per heavy atom. The highest BCUT2D eigenvalue weighted by Gasteiger charge is 2.26. The van der Waals surface area contributed by atoms with Crippen LogP contribution in [-0.2, 0) is 4.79 Å². The minimum Gasteiger partial charge on any atom is -0.340 e. The number of rotatable bonds is 9. The van der Waals surface area contributed by atoms with E-state index < -0.39 is 6.04 Å². The fraction of sp³-hybridized carbons (Fsp3) is 0.375. The lowest BCUT2D eigenvalue weighted by molar-refractivity contribution is -0.119. The van der Waals surface area contributed by atoms with E-state index in [1.165, 1.54) is 0 Å². The predicted octanol–water partition coefficient (Wildman–Crippen LogP) is 3.95. The maximum Gasteiger partial charge on any atom is 0.253 e. The fourth-order valence-corrected chi connectivity index (χ4v) is 3.16. The van der Waals surface area contributed by atoms with E-state index in [1.54, 1.807) is 53.4 Å². The van der Waals surface area contributed by atoms with Gasteiger partial charge in [0.2, 0.25) is 5.91 Å². The first-order chi connectivity index (χ1) is 14.4. The first kappa shape index (κ1) is 23.1. The largest absolute Gasteiger partial charge is 0.340 e. The van der Waals surface area contributed by atoms with E-state index in [0.29, 0.717) is 29.9 Å². The van der Waals surface area contributed by atoms with Crippen LogP contribution in [0.15, 0.2) is 54.6 Å². The summed E-state index contributed by atoms with van der Waals surface area (Å²) in [5.41, 5.74) is 1.55. The number of hydrogen-bond donors (Lipinski definition) is 2. The third-order valence-electron chi connectivity index (χ3n) is 5.25. The van der Waals surface area contributed by atoms with Gasteiger partial charge < -0.3 is 15.5 Å². The molecule has 2 atom stereocenters. The lowest BCUT2D eigenvalue weighted by Gasteiger charge is -2.24. The van der Waals surface area contributed by atoms with Gasteiger partial charge in [-0.3, -0.25) is 14.4 Å². The molecule has 0 aliphatic heterocycles. The van der Waals surface area contributed by atoms with Crippen LogP contribution in [0.1, 0.15) is 54.8 Å². The molecule has 0 heterocycles. The molecule has 6 nitrogen and oxygen atoms in total. The molecule has 0 aromatic heterocycles. The lowest BCUT2D eigenvalue weighted by atomic mass is 9.97. The Morgan fingerprint density at radius 2 is 1.53 bits per heavy atom. The molecular weight excluding hydrogens is 378 g/mol. The third-order valence-corrected chi connectivity index (χ3v) is 5.25. The molecule has 3 amide bonds. The van der Waals surface area contributed by atoms with Gasteiger partial charge in [0, 0.05) is 29.9 Å². The quantitative estimate of drug-likeness (QED) is 0.658. The second kappa shape index (κ2) is 11.1. The van der Waals surface area contributed by atoms with Gasteiger partial charge in [0.25, 0.3) is 11.8 Å². The summed E-state index contributed by atoms with van der Waals surface area (Å²) in [4.78, 5) is 39.9. The summed E-state index contributed by atoms with van der Waals surface area (Å²) in [5, 5.41) is 5.71. The minimum absolute atomic E-state index is 0.0573. The van der Waals surface area contributed by atoms with Crippen molar-refractivity contribution in [1.29, 1.82) is 0 Å². The molecule has 0 aliphatic carbocycles. The van der Waals surface area contributed by atoms with Gasteiger partial charge in [0.1, 0.15) is 6.04 Å². The summed E-state index contributed by atoms with van der Waals surface area (Å²) in [7, 11) is 0. The van der Waals surface area contributed by atoms with E-state index in [0.717, 1.165) is 6.42 Å². The number of nitrogens with zero attached hydrogens (tertiary/aromatic N) is 1. The Morgan fingerprint density at radius 1 is 0.900 bits per heavy atom. The fourth-order valence-electron chi connectivity index (χ4n) is 3.16. The van der Waals surface area contributed by atoms with Crippen LogP contribution in [0, 0.1) is 5.92 Å². The van der Waals surface area contributed by atoms with Crippen molar-refractivity contribution in [3.05, 3.63) is 65.7 Å². The number of benzene rings is 2. The first-order valence-corrected chi connectivity index (χ1v) is 10.5. The van der Waals surface area contributed by atoms with Gasteiger partial charge in [-0.05, 0) is 50.1 Å². The SMILES string of the molecule is CCC(C)C(NC(=O)c1ccccc1)C(=O)Nc1cccc(C(=O)N(CC)CC)c1. The first-order valence-electron chi connectivity index (χ1n) is 10.5. The number of amides is 3. The van der Waals surface area contributed by atoms with Crippen molar-refractivity contribution in [1.82, 2.24) is 10.2 Å². The summed E-state index contributed by atoms with van der Waals surface area (Å²) in [6, 6.07) is 15.0. The van der Waals surface area contributed by atoms with Crippen LogP contribution < -0.4 is 10.6 Å². The monoisotopic (exact) mass is 409 g/mol. The van der Waals surface area contributed by atoms with E-state index in [2.05, 4.69) is 10.6 Å². The van der Waals surface area contributed by atoms with Crippen LogP contribution in [0.3, 0.4) is 0 Å². The zero-order valence-electron chi connectivity index (χ0n) is 18.1. The average Bonchev–Trinajstić information content (AvgIpc) is 2.78. The highest BCUT2D eigenvalue weighted by molar-refractivity contribution is 6.02. The maximum atomic E-state index is 13.0. The Labute approximate surface area is 178 Å². The van der Waals surface area contributed by atoms with E-state index in [4.69, 9.17) is 0 Å². The molecule has 0 saturated heterocycles. The number of carbonyl (C=O) groups is 3. The third kappa shape index (κ3) is 5.92. The summed E-state index contributed by atoms with van der Waals surface area (Å²) >= 11 is 0. The molecule has 30 heavy (non-hydrogen) atoms. The average molecular weight is 410 g/mol. The van der Waals surface area contributed by atoms with E-state index in [-0.39, 0.29) is 23.6 Å². The van der Waals surface area contributed by atoms with Crippen LogP contribution in [0.25, 0.3) is 0 Å². The normalized spacial score (nSPS) is 12.5. The maximum absolute atomic E-state index is 13.0. The van der Waals surface area contributed by atoms with Crippen molar-refractivity contribution in [2.75, 3.05) is 18.4 Å². The summed E-state index contributed by atoms with van der Waals surface area (Å²) in [6.07, 6.45) is 0.730. The van der Waals surface area contributed by atoms with Crippen molar-refractivity contribution >= 4 is 23.4 Å². The van der Waals surface area contributed by atoms with Crippen LogP contribution in [0.4, 0.5) is 5.69 Å². The molecule has 0 saturated carbocycles. The highest BCUT2D eigenvalue weighted by Crippen LogP contribution is 2.16. The lowest BCUT2D eigenvalue weighted by Crippen LogP contribution is -2.47. The van der Waals surface area contributed by atoms with E-state index in [9.17, 15) is 14.4 Å². The molecule has 0 bridgehead atoms. The van der Waals surface area contributed by atoms with E-state index in [1.807, 2.05) is 33.8 Å². The van der Waals surface area contributed by atoms with E-state index >= 15 is 0 Å². The van der Waals surface area contributed by atoms with Crippen LogP contribution in [-0.4, -0.2) is 41.8 Å². The smallest absolute Gasteiger partial charge is 0.253 e. The summed E-state index contributed by atoms with van der Waals surface area (Å²) in [5.74, 6) is -0.729. The van der Waals surface area contributed by atoms with Crippen molar-refractivity contribution in [2.45, 2.75) is 40.2 Å². The van der Waals surface area contributed by atoms with Crippen LogP contribution >= 0.6 is 0 Å². The minimum atomic E-state index is -0.690. The molecule has 0 radical (unpaired) electrons. The molecule has 2 aromatic carbocycles. The zero-order valence-corrected chi connectivity index (χ0v) is 18.1. The zero-order chi connectivity index (χ0) is 22.1. The van der Waals surface area contributed by atoms with Crippen molar-refractivity contribution in [3.63, 3.8) is 0 Å². The van der Waals surface area contributed by atoms with Gasteiger partial charge in [0.05, 0.1) is 0 Å². The second-order valence-corrected chi connectivity index (χ2v) is 7.25. The Hall–Kier alpha value is -3.15. The number of anilines is 1. The topological polar surface area (TPSA) is 78.5 Å². The Balaban J connectivity index is 2.17. The van der Waals surface area contributed by atoms with Gasteiger partial charge in [0.15, 0.2) is 0 Å². The van der Waals surface area contributed by atoms with Crippen LogP contribution in [0.5, 0.6) is 0 Å². The number of hydrogen-bond acceptors (Lipinski definition) is 3. The van der Waals surface area contributed by atoms with Gasteiger partial charge in [-0.1, -0.05) is 44.5 Å². The number of nitrogens with one attached hydrogen (secondary N) is 2. The molecule has 160 valence electrons. The molecule has 0 fully saturated rings. The molecule has 2 aromatic rings. The molecule has 0 aliphatic rings. The Bertz CT molecular complexity index is 863. The molecule has 6 heteroatoms. The summed E-state index contributed by atoms with van der Waals surface area (Å²) in [6.45, 7) is 9.00. The van der Waals surface area contributed by atoms with Crippen molar-refractivity contribution in [2.24, 2.45) is 5.92 Å². The van der Waals surface area contributed by atoms with Gasteiger partial charge >= 0.3 is 0 Å². The Kier molecular flexibility index (Phi) is 8.59. The predicted molar refractivity (Wildman–Crippen MR) is 119 cm³/mol. The molecule has 0 spiro atoms. The second-order valence-electron chi connectivity index (χ2n) is 7.25. The highest BCUT2D eigenvalue weighted by atomic mass is 16.2. The van der Waals surface area contributed by atoms with Crippen molar-refractivity contribution in [3.8, 4) is 0 Å². The molecule has 2 rings (SSSR count). The standard InChI is InChI=1S/C24H31N3O3/c1-5-17(4)21(26-22(28)18-12-9-8-10-13-18)23(29)25-20-15-11-14-19(16-20)24(30)27(6-2)7-3/h8-17,21H,5-7H2,1-4H3,(H,25,29)(H,26,28). The van der Waals surface area contributed by atoms with Gasteiger partial charge in [-0.2, -0.15) is 0 Å². The molecular formula is C24H31N3O3. The van der Waals surface area contributed by atoms with Crippen molar-refractivity contribution < 1.29 is 14.4 Å². The number of carbonyl (C=O) groups excluding carboxylic acids is 3. The molecule has 2 N–H and O–H groups in total. The summed E-state index contributed by atoms with van der Waals surface area (Å²) < 4.78 is 0. The van der Waals surface area contributed by atoms with Gasteiger partial charge in [-0.25, -0.2) is 0 Å². The van der Waals surface area contributed by atoms with Crippen LogP contribution in [0.2, 0.25) is 0 Å².